The summed E-state index contributed by atoms with van der Waals surface area (Å²) in [5, 5.41) is 17.5. The Morgan fingerprint density at radius 1 is 1.33 bits per heavy atom. The number of hydrogen-bond acceptors (Lipinski definition) is 7. The van der Waals surface area contributed by atoms with Gasteiger partial charge in [0.15, 0.2) is 5.71 Å². The molecule has 0 fully saturated rings. The predicted octanol–water partition coefficient (Wildman–Crippen LogP) is 3.32. The number of allylic oxidation sites excluding steroid dienone is 2. The van der Waals surface area contributed by atoms with Crippen molar-refractivity contribution in [2.75, 3.05) is 14.2 Å². The van der Waals surface area contributed by atoms with E-state index in [2.05, 4.69) is 28.3 Å². The number of oxime groups is 2. The molecule has 27 heavy (non-hydrogen) atoms. The van der Waals surface area contributed by atoms with Crippen LogP contribution in [0.1, 0.15) is 29.2 Å². The average molecular weight is 411 g/mol. The van der Waals surface area contributed by atoms with Gasteiger partial charge in [0.05, 0.1) is 5.71 Å². The van der Waals surface area contributed by atoms with E-state index in [9.17, 15) is 4.79 Å². The lowest BCUT2D eigenvalue weighted by Crippen LogP contribution is -2.29. The van der Waals surface area contributed by atoms with Crippen LogP contribution in [0.15, 0.2) is 33.4 Å². The van der Waals surface area contributed by atoms with E-state index >= 15 is 0 Å². The molecule has 1 amide bonds. The minimum atomic E-state index is -0.373. The molecule has 2 N–H and O–H groups in total. The van der Waals surface area contributed by atoms with Gasteiger partial charge in [-0.25, -0.2) is 0 Å². The van der Waals surface area contributed by atoms with Gasteiger partial charge in [-0.2, -0.15) is 0 Å². The van der Waals surface area contributed by atoms with Crippen LogP contribution in [0.3, 0.4) is 0 Å². The zero-order valence-corrected chi connectivity index (χ0v) is 17.5. The van der Waals surface area contributed by atoms with E-state index in [0.717, 1.165) is 16.7 Å². The summed E-state index contributed by atoms with van der Waals surface area (Å²) in [6.45, 7) is 5.69. The molecule has 0 saturated carbocycles. The van der Waals surface area contributed by atoms with E-state index in [1.807, 2.05) is 26.0 Å². The molecule has 0 bridgehead atoms. The number of thiol groups is 1. The quantitative estimate of drug-likeness (QED) is 0.348. The third kappa shape index (κ3) is 6.73. The summed E-state index contributed by atoms with van der Waals surface area (Å²) in [6, 6.07) is 3.77. The molecular formula is C18H23ClN4O3S. The minimum absolute atomic E-state index is 0.104. The SMILES string of the molecule is CNC(=O)/C(=N/OC)c1cc(C)c(C)cc1CO/N=C(C)/C(S)=C/C(=N)Cl. The molecule has 7 nitrogen and oxygen atoms in total. The summed E-state index contributed by atoms with van der Waals surface area (Å²) in [5.74, 6) is -0.373. The second-order valence-corrected chi connectivity index (χ2v) is 6.51. The monoisotopic (exact) mass is 410 g/mol. The number of nitrogens with one attached hydrogen (secondary N) is 2. The average Bonchev–Trinajstić information content (AvgIpc) is 2.61. The normalized spacial score (nSPS) is 12.6. The van der Waals surface area contributed by atoms with Gasteiger partial charge in [0, 0.05) is 23.1 Å². The number of hydrogen-bond donors (Lipinski definition) is 3. The molecule has 0 heterocycles. The Balaban J connectivity index is 3.21. The van der Waals surface area contributed by atoms with Crippen LogP contribution in [0.2, 0.25) is 0 Å². The standard InChI is InChI=1S/C18H23ClN4O3S/c1-10-6-13(9-26-22-12(3)15(27)8-16(19)20)14(7-11(10)2)17(23-25-5)18(24)21-4/h6-8,20,27H,9H2,1-5H3,(H,21,24)/b15-8-,20-16?,22-12+,23-17+. The Hall–Kier alpha value is -2.32. The minimum Gasteiger partial charge on any atom is -0.398 e. The highest BCUT2D eigenvalue weighted by atomic mass is 35.5. The van der Waals surface area contributed by atoms with Crippen molar-refractivity contribution < 1.29 is 14.5 Å². The molecule has 9 heteroatoms. The predicted molar refractivity (Wildman–Crippen MR) is 112 cm³/mol. The summed E-state index contributed by atoms with van der Waals surface area (Å²) in [6.07, 6.45) is 1.35. The second-order valence-electron chi connectivity index (χ2n) is 5.62. The molecule has 0 atom stereocenters. The zero-order chi connectivity index (χ0) is 20.6. The number of nitrogens with zero attached hydrogens (tertiary/aromatic N) is 2. The van der Waals surface area contributed by atoms with Gasteiger partial charge in [0.25, 0.3) is 5.91 Å². The second kappa shape index (κ2) is 10.7. The Morgan fingerprint density at radius 3 is 2.52 bits per heavy atom. The smallest absolute Gasteiger partial charge is 0.273 e. The third-order valence-electron chi connectivity index (χ3n) is 3.66. The largest absolute Gasteiger partial charge is 0.398 e. The summed E-state index contributed by atoms with van der Waals surface area (Å²) < 4.78 is 0. The fraction of sp³-hybridized carbons (Fsp3) is 0.333. The summed E-state index contributed by atoms with van der Waals surface area (Å²) >= 11 is 9.72. The van der Waals surface area contributed by atoms with Crippen LogP contribution >= 0.6 is 24.2 Å². The van der Waals surface area contributed by atoms with Crippen molar-refractivity contribution in [1.29, 1.82) is 5.41 Å². The van der Waals surface area contributed by atoms with Crippen molar-refractivity contribution in [1.82, 2.24) is 5.32 Å². The molecule has 146 valence electrons. The number of carbonyl (C=O) groups is 1. The fourth-order valence-electron chi connectivity index (χ4n) is 2.11. The number of benzene rings is 1. The van der Waals surface area contributed by atoms with Crippen LogP contribution in [0, 0.1) is 19.3 Å². The van der Waals surface area contributed by atoms with Crippen molar-refractivity contribution in [3.63, 3.8) is 0 Å². The van der Waals surface area contributed by atoms with Gasteiger partial charge < -0.3 is 15.0 Å². The number of amides is 1. The van der Waals surface area contributed by atoms with Gasteiger partial charge in [-0.3, -0.25) is 10.2 Å². The van der Waals surface area contributed by atoms with Crippen molar-refractivity contribution in [2.45, 2.75) is 27.4 Å². The van der Waals surface area contributed by atoms with Crippen molar-refractivity contribution in [2.24, 2.45) is 10.3 Å². The van der Waals surface area contributed by atoms with Crippen LogP contribution in [-0.4, -0.2) is 36.7 Å². The Morgan fingerprint density at radius 2 is 1.96 bits per heavy atom. The maximum absolute atomic E-state index is 12.2. The summed E-state index contributed by atoms with van der Waals surface area (Å²) in [7, 11) is 2.90. The van der Waals surface area contributed by atoms with E-state index in [0.29, 0.717) is 16.2 Å². The van der Waals surface area contributed by atoms with Crippen molar-refractivity contribution >= 4 is 46.7 Å². The Labute approximate surface area is 169 Å². The number of aryl methyl sites for hydroxylation is 2. The molecule has 0 aliphatic carbocycles. The lowest BCUT2D eigenvalue weighted by molar-refractivity contribution is -0.114. The van der Waals surface area contributed by atoms with Gasteiger partial charge >= 0.3 is 0 Å². The Kier molecular flexibility index (Phi) is 9.04. The van der Waals surface area contributed by atoms with E-state index < -0.39 is 0 Å². The molecule has 0 aromatic heterocycles. The molecule has 0 spiro atoms. The highest BCUT2D eigenvalue weighted by Gasteiger charge is 2.19. The van der Waals surface area contributed by atoms with Gasteiger partial charge in [0.1, 0.15) is 18.9 Å². The lowest BCUT2D eigenvalue weighted by Gasteiger charge is -2.13. The van der Waals surface area contributed by atoms with E-state index in [1.54, 1.807) is 6.92 Å². The highest BCUT2D eigenvalue weighted by molar-refractivity contribution is 7.85. The number of rotatable bonds is 8. The van der Waals surface area contributed by atoms with Crippen LogP contribution in [0.5, 0.6) is 0 Å². The molecule has 0 unspecified atom stereocenters. The number of halogens is 1. The fourth-order valence-corrected chi connectivity index (χ4v) is 2.46. The first kappa shape index (κ1) is 22.7. The van der Waals surface area contributed by atoms with Crippen LogP contribution in [-0.2, 0) is 21.1 Å². The zero-order valence-electron chi connectivity index (χ0n) is 15.9. The first-order valence-electron chi connectivity index (χ1n) is 7.96. The van der Waals surface area contributed by atoms with E-state index in [1.165, 1.54) is 20.2 Å². The molecule has 1 aromatic carbocycles. The molecular weight excluding hydrogens is 388 g/mol. The highest BCUT2D eigenvalue weighted by Crippen LogP contribution is 2.19. The van der Waals surface area contributed by atoms with Gasteiger partial charge in [-0.15, -0.1) is 12.6 Å². The van der Waals surface area contributed by atoms with E-state index in [-0.39, 0.29) is 23.4 Å². The van der Waals surface area contributed by atoms with E-state index in [4.69, 9.17) is 26.7 Å². The molecule has 0 radical (unpaired) electrons. The maximum atomic E-state index is 12.2. The van der Waals surface area contributed by atoms with Gasteiger partial charge in [0.2, 0.25) is 0 Å². The summed E-state index contributed by atoms with van der Waals surface area (Å²) in [5.41, 5.74) is 3.97. The Bertz CT molecular complexity index is 819. The number of carbonyl (C=O) groups excluding carboxylic acids is 1. The molecule has 1 rings (SSSR count). The maximum Gasteiger partial charge on any atom is 0.273 e. The van der Waals surface area contributed by atoms with Crippen LogP contribution < -0.4 is 5.32 Å². The first-order valence-corrected chi connectivity index (χ1v) is 8.79. The van der Waals surface area contributed by atoms with Gasteiger partial charge in [-0.05, 0) is 44.0 Å². The van der Waals surface area contributed by atoms with Crippen molar-refractivity contribution in [3.8, 4) is 0 Å². The lowest BCUT2D eigenvalue weighted by atomic mass is 9.96. The van der Waals surface area contributed by atoms with Crippen molar-refractivity contribution in [3.05, 3.63) is 45.4 Å². The topological polar surface area (TPSA) is 96.1 Å². The third-order valence-corrected chi connectivity index (χ3v) is 4.22. The van der Waals surface area contributed by atoms with Gasteiger partial charge in [-0.1, -0.05) is 28.0 Å². The number of likely N-dealkylation sites (N-methyl/N-ethyl adjacent to an activating group) is 1. The van der Waals surface area contributed by atoms with Crippen LogP contribution in [0.4, 0.5) is 0 Å². The molecule has 0 aliphatic heterocycles. The first-order chi connectivity index (χ1) is 12.7. The van der Waals surface area contributed by atoms with Crippen LogP contribution in [0.25, 0.3) is 0 Å². The molecule has 0 aliphatic rings. The molecule has 0 saturated heterocycles. The summed E-state index contributed by atoms with van der Waals surface area (Å²) in [4.78, 5) is 22.8. The molecule has 1 aromatic rings.